The zero-order valence-electron chi connectivity index (χ0n) is 12.0. The molecule has 0 saturated heterocycles. The van der Waals surface area contributed by atoms with Crippen LogP contribution in [0.1, 0.15) is 56.0 Å². The summed E-state index contributed by atoms with van der Waals surface area (Å²) >= 11 is 0. The van der Waals surface area contributed by atoms with E-state index in [0.717, 1.165) is 5.56 Å². The summed E-state index contributed by atoms with van der Waals surface area (Å²) in [5.74, 6) is 1.02. The number of Topliss-reactive ketones (excluding diaryl/α,β-unsaturated/α-hetero) is 1. The highest BCUT2D eigenvalue weighted by molar-refractivity contribution is 5.98. The first-order valence-electron chi connectivity index (χ1n) is 7.03. The average Bonchev–Trinajstić information content (AvgIpc) is 2.28. The van der Waals surface area contributed by atoms with E-state index in [2.05, 4.69) is 27.7 Å². The molecule has 0 bridgehead atoms. The molecule has 1 aromatic carbocycles. The molecule has 0 aliphatic heterocycles. The Labute approximate surface area is 111 Å². The largest absolute Gasteiger partial charge is 0.294 e. The summed E-state index contributed by atoms with van der Waals surface area (Å²) in [6.45, 7) is 8.79. The highest BCUT2D eigenvalue weighted by Crippen LogP contribution is 2.45. The van der Waals surface area contributed by atoms with Crippen molar-refractivity contribution in [2.24, 2.45) is 17.3 Å². The number of hydrogen-bond acceptors (Lipinski definition) is 1. The van der Waals surface area contributed by atoms with Gasteiger partial charge >= 0.3 is 0 Å². The van der Waals surface area contributed by atoms with Crippen LogP contribution in [0.3, 0.4) is 0 Å². The fourth-order valence-corrected chi connectivity index (χ4v) is 3.48. The van der Waals surface area contributed by atoms with E-state index in [-0.39, 0.29) is 11.3 Å². The third kappa shape index (κ3) is 2.50. The average molecular weight is 244 g/mol. The van der Waals surface area contributed by atoms with Gasteiger partial charge in [0.2, 0.25) is 0 Å². The van der Waals surface area contributed by atoms with Crippen molar-refractivity contribution in [1.29, 1.82) is 0 Å². The fourth-order valence-electron chi connectivity index (χ4n) is 3.48. The number of carbonyl (C=O) groups is 1. The van der Waals surface area contributed by atoms with Crippen molar-refractivity contribution < 1.29 is 4.79 Å². The van der Waals surface area contributed by atoms with Gasteiger partial charge in [0.25, 0.3) is 0 Å². The highest BCUT2D eigenvalue weighted by atomic mass is 16.1. The minimum Gasteiger partial charge on any atom is -0.294 e. The van der Waals surface area contributed by atoms with Crippen LogP contribution in [0.5, 0.6) is 0 Å². The molecule has 0 radical (unpaired) electrons. The van der Waals surface area contributed by atoms with Crippen LogP contribution < -0.4 is 0 Å². The summed E-state index contributed by atoms with van der Waals surface area (Å²) < 4.78 is 0. The first-order valence-corrected chi connectivity index (χ1v) is 7.03. The Morgan fingerprint density at radius 1 is 1.22 bits per heavy atom. The van der Waals surface area contributed by atoms with Gasteiger partial charge < -0.3 is 0 Å². The number of hydrogen-bond donors (Lipinski definition) is 0. The molecule has 1 heteroatoms. The van der Waals surface area contributed by atoms with E-state index in [1.165, 1.54) is 24.8 Å². The summed E-state index contributed by atoms with van der Waals surface area (Å²) in [6, 6.07) is 8.03. The monoisotopic (exact) mass is 244 g/mol. The van der Waals surface area contributed by atoms with Gasteiger partial charge in [-0.1, -0.05) is 57.0 Å². The van der Waals surface area contributed by atoms with Crippen LogP contribution in [0.4, 0.5) is 0 Å². The van der Waals surface area contributed by atoms with Crippen LogP contribution >= 0.6 is 0 Å². The minimum atomic E-state index is 0.139. The second-order valence-corrected chi connectivity index (χ2v) is 6.57. The van der Waals surface area contributed by atoms with Crippen LogP contribution in [-0.4, -0.2) is 5.78 Å². The number of aryl methyl sites for hydroxylation is 1. The van der Waals surface area contributed by atoms with Crippen molar-refractivity contribution in [2.45, 2.75) is 47.0 Å². The topological polar surface area (TPSA) is 17.1 Å². The van der Waals surface area contributed by atoms with Gasteiger partial charge in [-0.3, -0.25) is 4.79 Å². The Kier molecular flexibility index (Phi) is 3.61. The van der Waals surface area contributed by atoms with Gasteiger partial charge in [-0.15, -0.1) is 0 Å². The molecular formula is C17H24O. The van der Waals surface area contributed by atoms with E-state index in [0.29, 0.717) is 11.7 Å². The number of ketones is 1. The second kappa shape index (κ2) is 4.87. The minimum absolute atomic E-state index is 0.139. The standard InChI is InChI=1S/C17H24O/c1-12-7-9-14(10-8-12)16(18)15-13(2)6-5-11-17(15,3)4/h7-10,13,15H,5-6,11H2,1-4H3/t13-,15-/m0/s1. The first kappa shape index (κ1) is 13.3. The molecule has 1 aliphatic carbocycles. The van der Waals surface area contributed by atoms with Crippen molar-refractivity contribution in [1.82, 2.24) is 0 Å². The Bertz CT molecular complexity index is 427. The van der Waals surface area contributed by atoms with Crippen LogP contribution in [0.25, 0.3) is 0 Å². The molecule has 1 nitrogen and oxygen atoms in total. The van der Waals surface area contributed by atoms with Crippen LogP contribution in [0, 0.1) is 24.2 Å². The molecule has 1 fully saturated rings. The highest BCUT2D eigenvalue weighted by Gasteiger charge is 2.41. The molecule has 0 unspecified atom stereocenters. The van der Waals surface area contributed by atoms with Gasteiger partial charge in [0.05, 0.1) is 0 Å². The molecule has 1 aromatic rings. The lowest BCUT2D eigenvalue weighted by Crippen LogP contribution is -2.39. The molecule has 1 aliphatic rings. The maximum absolute atomic E-state index is 12.7. The third-order valence-corrected chi connectivity index (χ3v) is 4.51. The molecule has 98 valence electrons. The smallest absolute Gasteiger partial charge is 0.166 e. The van der Waals surface area contributed by atoms with E-state index in [4.69, 9.17) is 0 Å². The zero-order chi connectivity index (χ0) is 13.3. The Morgan fingerprint density at radius 2 is 1.83 bits per heavy atom. The van der Waals surface area contributed by atoms with Crippen LogP contribution in [0.2, 0.25) is 0 Å². The molecule has 0 N–H and O–H groups in total. The number of carbonyl (C=O) groups excluding carboxylic acids is 1. The van der Waals surface area contributed by atoms with Crippen molar-refractivity contribution in [3.05, 3.63) is 35.4 Å². The Morgan fingerprint density at radius 3 is 2.39 bits per heavy atom. The van der Waals surface area contributed by atoms with Gasteiger partial charge in [-0.05, 0) is 31.1 Å². The summed E-state index contributed by atoms with van der Waals surface area (Å²) in [4.78, 5) is 12.7. The van der Waals surface area contributed by atoms with Gasteiger partial charge in [-0.2, -0.15) is 0 Å². The Balaban J connectivity index is 2.28. The normalized spacial score (nSPS) is 26.9. The number of rotatable bonds is 2. The lowest BCUT2D eigenvalue weighted by Gasteiger charge is -2.42. The van der Waals surface area contributed by atoms with E-state index in [1.54, 1.807) is 0 Å². The molecule has 0 amide bonds. The van der Waals surface area contributed by atoms with Gasteiger partial charge in [0, 0.05) is 11.5 Å². The maximum Gasteiger partial charge on any atom is 0.166 e. The maximum atomic E-state index is 12.7. The van der Waals surface area contributed by atoms with Crippen LogP contribution in [-0.2, 0) is 0 Å². The SMILES string of the molecule is Cc1ccc(C(=O)[C@@H]2[C@@H](C)CCCC2(C)C)cc1. The molecule has 2 atom stereocenters. The summed E-state index contributed by atoms with van der Waals surface area (Å²) in [5, 5.41) is 0. The van der Waals surface area contributed by atoms with Gasteiger partial charge in [-0.25, -0.2) is 0 Å². The molecule has 0 aromatic heterocycles. The first-order chi connectivity index (χ1) is 8.42. The Hall–Kier alpha value is -1.11. The zero-order valence-corrected chi connectivity index (χ0v) is 12.0. The predicted octanol–water partition coefficient (Wildman–Crippen LogP) is 4.64. The molecular weight excluding hydrogens is 220 g/mol. The fraction of sp³-hybridized carbons (Fsp3) is 0.588. The van der Waals surface area contributed by atoms with Gasteiger partial charge in [0.1, 0.15) is 0 Å². The van der Waals surface area contributed by atoms with Crippen molar-refractivity contribution in [2.75, 3.05) is 0 Å². The molecule has 1 saturated carbocycles. The van der Waals surface area contributed by atoms with Crippen LogP contribution in [0.15, 0.2) is 24.3 Å². The van der Waals surface area contributed by atoms with Crippen molar-refractivity contribution in [3.8, 4) is 0 Å². The van der Waals surface area contributed by atoms with E-state index in [9.17, 15) is 4.79 Å². The third-order valence-electron chi connectivity index (χ3n) is 4.51. The summed E-state index contributed by atoms with van der Waals surface area (Å²) in [7, 11) is 0. The summed E-state index contributed by atoms with van der Waals surface area (Å²) in [5.41, 5.74) is 2.23. The summed E-state index contributed by atoms with van der Waals surface area (Å²) in [6.07, 6.45) is 3.61. The van der Waals surface area contributed by atoms with E-state index < -0.39 is 0 Å². The molecule has 18 heavy (non-hydrogen) atoms. The number of benzene rings is 1. The predicted molar refractivity (Wildman–Crippen MR) is 75.8 cm³/mol. The quantitative estimate of drug-likeness (QED) is 0.693. The molecule has 0 heterocycles. The second-order valence-electron chi connectivity index (χ2n) is 6.57. The lowest BCUT2D eigenvalue weighted by molar-refractivity contribution is 0.0539. The lowest BCUT2D eigenvalue weighted by atomic mass is 9.62. The van der Waals surface area contributed by atoms with E-state index >= 15 is 0 Å². The van der Waals surface area contributed by atoms with Crippen molar-refractivity contribution in [3.63, 3.8) is 0 Å². The molecule has 0 spiro atoms. The van der Waals surface area contributed by atoms with E-state index in [1.807, 2.05) is 24.3 Å². The van der Waals surface area contributed by atoms with Crippen molar-refractivity contribution >= 4 is 5.78 Å². The molecule has 2 rings (SSSR count). The van der Waals surface area contributed by atoms with Gasteiger partial charge in [0.15, 0.2) is 5.78 Å².